The largest absolute Gasteiger partial charge is 0.368 e. The van der Waals surface area contributed by atoms with E-state index in [1.54, 1.807) is 13.1 Å². The Morgan fingerprint density at radius 1 is 0.724 bits per heavy atom. The van der Waals surface area contributed by atoms with Gasteiger partial charge in [0, 0.05) is 65.0 Å². The molecule has 1 aromatic heterocycles. The molecule has 2 saturated heterocycles. The third-order valence-electron chi connectivity index (χ3n) is 5.75. The van der Waals surface area contributed by atoms with Gasteiger partial charge in [-0.1, -0.05) is 18.2 Å². The number of carbonyl (C=O) groups is 2. The predicted octanol–water partition coefficient (Wildman–Crippen LogP) is 1.71. The number of carbonyl (C=O) groups excluding carboxylic acids is 2. The summed E-state index contributed by atoms with van der Waals surface area (Å²) in [5.74, 6) is 0.113. The second-order valence-electron chi connectivity index (χ2n) is 7.51. The predicted molar refractivity (Wildman–Crippen MR) is 113 cm³/mol. The van der Waals surface area contributed by atoms with Gasteiger partial charge in [0.1, 0.15) is 5.69 Å². The average Bonchev–Trinajstić information content (AvgIpc) is 2.79. The van der Waals surface area contributed by atoms with E-state index >= 15 is 0 Å². The van der Waals surface area contributed by atoms with E-state index in [1.165, 1.54) is 5.69 Å². The molecule has 152 valence electrons. The Bertz CT molecular complexity index is 839. The van der Waals surface area contributed by atoms with Crippen LogP contribution < -0.4 is 9.80 Å². The number of nitrogens with zero attached hydrogens (tertiary/aromatic N) is 5. The molecule has 0 radical (unpaired) electrons. The molecular weight excluding hydrogens is 366 g/mol. The van der Waals surface area contributed by atoms with Crippen LogP contribution >= 0.6 is 0 Å². The van der Waals surface area contributed by atoms with E-state index in [2.05, 4.69) is 26.9 Å². The number of pyridine rings is 1. The topological polar surface area (TPSA) is 60.0 Å². The first-order valence-electron chi connectivity index (χ1n) is 10.2. The zero-order valence-electron chi connectivity index (χ0n) is 16.8. The Hall–Kier alpha value is -3.09. The summed E-state index contributed by atoms with van der Waals surface area (Å²) in [5, 5.41) is 0. The molecule has 0 spiro atoms. The molecule has 0 atom stereocenters. The Labute approximate surface area is 171 Å². The molecule has 0 saturated carbocycles. The highest BCUT2D eigenvalue weighted by atomic mass is 16.2. The lowest BCUT2D eigenvalue weighted by Crippen LogP contribution is -2.49. The molecule has 0 bridgehead atoms. The summed E-state index contributed by atoms with van der Waals surface area (Å²) in [7, 11) is 0. The van der Waals surface area contributed by atoms with E-state index in [1.807, 2.05) is 40.1 Å². The molecule has 29 heavy (non-hydrogen) atoms. The van der Waals surface area contributed by atoms with Gasteiger partial charge in [-0.3, -0.25) is 9.59 Å². The number of hydrogen-bond donors (Lipinski definition) is 0. The van der Waals surface area contributed by atoms with E-state index in [0.29, 0.717) is 18.8 Å². The number of hydrogen-bond acceptors (Lipinski definition) is 5. The van der Waals surface area contributed by atoms with E-state index in [-0.39, 0.29) is 11.8 Å². The summed E-state index contributed by atoms with van der Waals surface area (Å²) in [6, 6.07) is 14.1. The smallest absolute Gasteiger partial charge is 0.272 e. The van der Waals surface area contributed by atoms with Crippen molar-refractivity contribution in [2.45, 2.75) is 6.92 Å². The second kappa shape index (κ2) is 8.51. The highest BCUT2D eigenvalue weighted by Crippen LogP contribution is 2.19. The van der Waals surface area contributed by atoms with Gasteiger partial charge in [0.15, 0.2) is 0 Å². The quantitative estimate of drug-likeness (QED) is 0.795. The zero-order valence-corrected chi connectivity index (χ0v) is 16.8. The lowest BCUT2D eigenvalue weighted by atomic mass is 10.2. The number of para-hydroxylation sites is 1. The maximum absolute atomic E-state index is 12.8. The van der Waals surface area contributed by atoms with Crippen LogP contribution in [0.25, 0.3) is 0 Å². The molecule has 7 nitrogen and oxygen atoms in total. The van der Waals surface area contributed by atoms with E-state index in [0.717, 1.165) is 45.0 Å². The number of amides is 2. The maximum atomic E-state index is 12.8. The molecule has 2 aromatic rings. The van der Waals surface area contributed by atoms with Crippen LogP contribution in [0.5, 0.6) is 0 Å². The molecule has 4 rings (SSSR count). The van der Waals surface area contributed by atoms with Crippen LogP contribution in [0, 0.1) is 0 Å². The van der Waals surface area contributed by atoms with Crippen molar-refractivity contribution in [1.29, 1.82) is 0 Å². The van der Waals surface area contributed by atoms with Crippen molar-refractivity contribution in [3.63, 3.8) is 0 Å². The van der Waals surface area contributed by atoms with Crippen molar-refractivity contribution in [1.82, 2.24) is 14.8 Å². The first-order chi connectivity index (χ1) is 14.1. The summed E-state index contributed by atoms with van der Waals surface area (Å²) in [5.41, 5.74) is 2.69. The van der Waals surface area contributed by atoms with Gasteiger partial charge in [-0.05, 0) is 24.3 Å². The molecule has 0 unspecified atom stereocenters. The minimum Gasteiger partial charge on any atom is -0.368 e. The Morgan fingerprint density at radius 3 is 1.86 bits per heavy atom. The Kier molecular flexibility index (Phi) is 5.64. The third kappa shape index (κ3) is 4.34. The molecule has 0 aliphatic carbocycles. The fraction of sp³-hybridized carbons (Fsp3) is 0.409. The highest BCUT2D eigenvalue weighted by molar-refractivity contribution is 5.92. The van der Waals surface area contributed by atoms with E-state index in [4.69, 9.17) is 0 Å². The van der Waals surface area contributed by atoms with Crippen molar-refractivity contribution in [3.8, 4) is 0 Å². The van der Waals surface area contributed by atoms with Gasteiger partial charge in [-0.2, -0.15) is 0 Å². The Balaban J connectivity index is 1.32. The monoisotopic (exact) mass is 393 g/mol. The first kappa shape index (κ1) is 19.2. The lowest BCUT2D eigenvalue weighted by molar-refractivity contribution is -0.129. The van der Waals surface area contributed by atoms with Crippen LogP contribution in [0.4, 0.5) is 11.4 Å². The molecular formula is C22H27N5O2. The Morgan fingerprint density at radius 2 is 1.31 bits per heavy atom. The van der Waals surface area contributed by atoms with E-state index in [9.17, 15) is 9.59 Å². The average molecular weight is 393 g/mol. The molecule has 2 fully saturated rings. The number of aromatic nitrogens is 1. The van der Waals surface area contributed by atoms with Gasteiger partial charge >= 0.3 is 0 Å². The molecule has 2 aliphatic rings. The van der Waals surface area contributed by atoms with Crippen LogP contribution in [0.3, 0.4) is 0 Å². The summed E-state index contributed by atoms with van der Waals surface area (Å²) in [4.78, 5) is 37.0. The van der Waals surface area contributed by atoms with Crippen molar-refractivity contribution in [2.24, 2.45) is 0 Å². The number of rotatable bonds is 3. The van der Waals surface area contributed by atoms with Crippen molar-refractivity contribution >= 4 is 23.2 Å². The SMILES string of the molecule is CC(=O)N1CCN(c2ccc(C(=O)N3CCN(c4ccccc4)CC3)nc2)CC1. The minimum atomic E-state index is -0.00865. The fourth-order valence-electron chi connectivity index (χ4n) is 3.95. The summed E-state index contributed by atoms with van der Waals surface area (Å²) < 4.78 is 0. The van der Waals surface area contributed by atoms with Gasteiger partial charge < -0.3 is 19.6 Å². The van der Waals surface area contributed by atoms with E-state index < -0.39 is 0 Å². The normalized spacial score (nSPS) is 17.4. The van der Waals surface area contributed by atoms with Gasteiger partial charge in [-0.25, -0.2) is 4.98 Å². The molecule has 2 amide bonds. The second-order valence-corrected chi connectivity index (χ2v) is 7.51. The summed E-state index contributed by atoms with van der Waals surface area (Å²) in [6.07, 6.45) is 1.77. The number of piperazine rings is 2. The number of benzene rings is 1. The van der Waals surface area contributed by atoms with Crippen LogP contribution in [-0.4, -0.2) is 79.0 Å². The molecule has 3 heterocycles. The molecule has 7 heteroatoms. The summed E-state index contributed by atoms with van der Waals surface area (Å²) >= 11 is 0. The standard InChI is InChI=1S/C22H27N5O2/c1-18(28)24-9-11-26(12-10-24)20-7-8-21(23-17-20)22(29)27-15-13-25(14-16-27)19-5-3-2-4-6-19/h2-8,17H,9-16H2,1H3. The van der Waals surface area contributed by atoms with Crippen LogP contribution in [-0.2, 0) is 4.79 Å². The third-order valence-corrected chi connectivity index (χ3v) is 5.75. The van der Waals surface area contributed by atoms with Crippen LogP contribution in [0.2, 0.25) is 0 Å². The van der Waals surface area contributed by atoms with Crippen molar-refractivity contribution in [3.05, 3.63) is 54.4 Å². The molecule has 1 aromatic carbocycles. The zero-order chi connectivity index (χ0) is 20.2. The number of anilines is 2. The van der Waals surface area contributed by atoms with Gasteiger partial charge in [-0.15, -0.1) is 0 Å². The first-order valence-corrected chi connectivity index (χ1v) is 10.2. The van der Waals surface area contributed by atoms with Gasteiger partial charge in [0.25, 0.3) is 5.91 Å². The lowest BCUT2D eigenvalue weighted by Gasteiger charge is -2.36. The van der Waals surface area contributed by atoms with Crippen LogP contribution in [0.1, 0.15) is 17.4 Å². The van der Waals surface area contributed by atoms with Crippen molar-refractivity contribution < 1.29 is 9.59 Å². The fourth-order valence-corrected chi connectivity index (χ4v) is 3.95. The molecule has 2 aliphatic heterocycles. The molecule has 0 N–H and O–H groups in total. The van der Waals surface area contributed by atoms with Gasteiger partial charge in [0.2, 0.25) is 5.91 Å². The van der Waals surface area contributed by atoms with Crippen LogP contribution in [0.15, 0.2) is 48.7 Å². The van der Waals surface area contributed by atoms with Crippen molar-refractivity contribution in [2.75, 3.05) is 62.2 Å². The van der Waals surface area contributed by atoms with Gasteiger partial charge in [0.05, 0.1) is 11.9 Å². The maximum Gasteiger partial charge on any atom is 0.272 e. The minimum absolute atomic E-state index is 0.00865. The highest BCUT2D eigenvalue weighted by Gasteiger charge is 2.24. The summed E-state index contributed by atoms with van der Waals surface area (Å²) in [6.45, 7) is 7.68.